The highest BCUT2D eigenvalue weighted by molar-refractivity contribution is 5.76. The Morgan fingerprint density at radius 1 is 1.14 bits per heavy atom. The van der Waals surface area contributed by atoms with Crippen LogP contribution in [0.5, 0.6) is 0 Å². The molecule has 1 saturated heterocycles. The first-order valence-electron chi connectivity index (χ1n) is 7.69. The zero-order valence-electron chi connectivity index (χ0n) is 12.7. The average Bonchev–Trinajstić information content (AvgIpc) is 3.06. The first kappa shape index (κ1) is 14.6. The molecule has 0 atom stereocenters. The highest BCUT2D eigenvalue weighted by Gasteiger charge is 2.23. The van der Waals surface area contributed by atoms with E-state index in [2.05, 4.69) is 10.2 Å². The zero-order chi connectivity index (χ0) is 15.4. The van der Waals surface area contributed by atoms with Crippen molar-refractivity contribution in [3.8, 4) is 11.5 Å². The number of nitrogens with zero attached hydrogens (tertiary/aromatic N) is 4. The Morgan fingerprint density at radius 2 is 1.86 bits per heavy atom. The Bertz CT molecular complexity index is 618. The Hall–Kier alpha value is -2.37. The number of benzene rings is 1. The Balaban J connectivity index is 1.63. The van der Waals surface area contributed by atoms with E-state index in [1.165, 1.54) is 0 Å². The summed E-state index contributed by atoms with van der Waals surface area (Å²) in [6.45, 7) is 4.90. The SMILES string of the molecule is CCCC(=O)N1CCN(c2nnc(-c3ccccc3)o2)CC1. The van der Waals surface area contributed by atoms with Crippen molar-refractivity contribution in [2.45, 2.75) is 19.8 Å². The van der Waals surface area contributed by atoms with Crippen LogP contribution in [0.15, 0.2) is 34.7 Å². The van der Waals surface area contributed by atoms with Gasteiger partial charge in [0.25, 0.3) is 0 Å². The van der Waals surface area contributed by atoms with E-state index in [-0.39, 0.29) is 5.91 Å². The van der Waals surface area contributed by atoms with Crippen LogP contribution >= 0.6 is 0 Å². The third-order valence-corrected chi connectivity index (χ3v) is 3.80. The zero-order valence-corrected chi connectivity index (χ0v) is 12.7. The van der Waals surface area contributed by atoms with E-state index in [1.54, 1.807) is 0 Å². The van der Waals surface area contributed by atoms with Gasteiger partial charge in [-0.3, -0.25) is 4.79 Å². The molecule has 1 amide bonds. The lowest BCUT2D eigenvalue weighted by Gasteiger charge is -2.33. The lowest BCUT2D eigenvalue weighted by atomic mass is 10.2. The minimum Gasteiger partial charge on any atom is -0.403 e. The minimum atomic E-state index is 0.234. The number of anilines is 1. The van der Waals surface area contributed by atoms with Gasteiger partial charge in [-0.05, 0) is 18.6 Å². The number of rotatable bonds is 4. The highest BCUT2D eigenvalue weighted by Crippen LogP contribution is 2.22. The van der Waals surface area contributed by atoms with E-state index < -0.39 is 0 Å². The molecule has 2 heterocycles. The molecule has 1 fully saturated rings. The van der Waals surface area contributed by atoms with Crippen LogP contribution in [0.3, 0.4) is 0 Å². The van der Waals surface area contributed by atoms with Crippen molar-refractivity contribution < 1.29 is 9.21 Å². The molecule has 116 valence electrons. The second kappa shape index (κ2) is 6.60. The number of carbonyl (C=O) groups is 1. The molecule has 0 spiro atoms. The number of hydrogen-bond donors (Lipinski definition) is 0. The maximum atomic E-state index is 11.9. The Labute approximate surface area is 129 Å². The average molecular weight is 300 g/mol. The van der Waals surface area contributed by atoms with Gasteiger partial charge in [0, 0.05) is 38.2 Å². The molecule has 1 aromatic heterocycles. The van der Waals surface area contributed by atoms with Gasteiger partial charge in [-0.25, -0.2) is 0 Å². The standard InChI is InChI=1S/C16H20N4O2/c1-2-6-14(21)19-9-11-20(12-10-19)16-18-17-15(22-16)13-7-4-3-5-8-13/h3-5,7-8H,2,6,9-12H2,1H3. The molecule has 1 aliphatic heterocycles. The molecule has 2 aromatic rings. The highest BCUT2D eigenvalue weighted by atomic mass is 16.4. The van der Waals surface area contributed by atoms with Gasteiger partial charge in [0.05, 0.1) is 0 Å². The van der Waals surface area contributed by atoms with Crippen LogP contribution in [-0.4, -0.2) is 47.2 Å². The van der Waals surface area contributed by atoms with Crippen LogP contribution in [0.2, 0.25) is 0 Å². The van der Waals surface area contributed by atoms with Crippen molar-refractivity contribution in [2.75, 3.05) is 31.1 Å². The number of amides is 1. The van der Waals surface area contributed by atoms with Gasteiger partial charge in [-0.15, -0.1) is 5.10 Å². The van der Waals surface area contributed by atoms with Gasteiger partial charge in [0.2, 0.25) is 11.8 Å². The quantitative estimate of drug-likeness (QED) is 0.866. The molecule has 3 rings (SSSR count). The van der Waals surface area contributed by atoms with Crippen LogP contribution in [0.4, 0.5) is 6.01 Å². The second-order valence-corrected chi connectivity index (χ2v) is 5.37. The van der Waals surface area contributed by atoms with Crippen molar-refractivity contribution in [3.05, 3.63) is 30.3 Å². The van der Waals surface area contributed by atoms with Gasteiger partial charge in [-0.2, -0.15) is 0 Å². The topological polar surface area (TPSA) is 62.5 Å². The molecule has 6 nitrogen and oxygen atoms in total. The van der Waals surface area contributed by atoms with Crippen molar-refractivity contribution in [2.24, 2.45) is 0 Å². The fourth-order valence-electron chi connectivity index (χ4n) is 2.56. The van der Waals surface area contributed by atoms with E-state index in [0.717, 1.165) is 25.1 Å². The molecule has 1 aromatic carbocycles. The molecule has 0 radical (unpaired) electrons. The predicted octanol–water partition coefficient (Wildman–Crippen LogP) is 2.19. The van der Waals surface area contributed by atoms with Crippen LogP contribution in [0.1, 0.15) is 19.8 Å². The maximum absolute atomic E-state index is 11.9. The third-order valence-electron chi connectivity index (χ3n) is 3.80. The summed E-state index contributed by atoms with van der Waals surface area (Å²) in [5.41, 5.74) is 0.915. The summed E-state index contributed by atoms with van der Waals surface area (Å²) in [4.78, 5) is 15.8. The van der Waals surface area contributed by atoms with Crippen molar-refractivity contribution in [1.29, 1.82) is 0 Å². The molecular formula is C16H20N4O2. The first-order chi connectivity index (χ1) is 10.8. The monoisotopic (exact) mass is 300 g/mol. The molecule has 0 saturated carbocycles. The number of hydrogen-bond acceptors (Lipinski definition) is 5. The maximum Gasteiger partial charge on any atom is 0.318 e. The lowest BCUT2D eigenvalue weighted by molar-refractivity contribution is -0.131. The molecule has 6 heteroatoms. The van der Waals surface area contributed by atoms with Crippen molar-refractivity contribution >= 4 is 11.9 Å². The van der Waals surface area contributed by atoms with Crippen molar-refractivity contribution in [3.63, 3.8) is 0 Å². The van der Waals surface area contributed by atoms with E-state index in [4.69, 9.17) is 4.42 Å². The normalized spacial score (nSPS) is 15.1. The van der Waals surface area contributed by atoms with Crippen LogP contribution in [0, 0.1) is 0 Å². The van der Waals surface area contributed by atoms with E-state index in [0.29, 0.717) is 31.4 Å². The number of aromatic nitrogens is 2. The Kier molecular flexibility index (Phi) is 4.37. The van der Waals surface area contributed by atoms with Gasteiger partial charge in [0.15, 0.2) is 0 Å². The largest absolute Gasteiger partial charge is 0.403 e. The summed E-state index contributed by atoms with van der Waals surface area (Å²) >= 11 is 0. The molecule has 0 N–H and O–H groups in total. The smallest absolute Gasteiger partial charge is 0.318 e. The van der Waals surface area contributed by atoms with Gasteiger partial charge >= 0.3 is 6.01 Å². The molecular weight excluding hydrogens is 280 g/mol. The first-order valence-corrected chi connectivity index (χ1v) is 7.69. The summed E-state index contributed by atoms with van der Waals surface area (Å²) in [6.07, 6.45) is 1.52. The van der Waals surface area contributed by atoms with Crippen LogP contribution in [-0.2, 0) is 4.79 Å². The molecule has 22 heavy (non-hydrogen) atoms. The van der Waals surface area contributed by atoms with Crippen LogP contribution in [0.25, 0.3) is 11.5 Å². The summed E-state index contributed by atoms with van der Waals surface area (Å²) < 4.78 is 5.75. The molecule has 0 bridgehead atoms. The van der Waals surface area contributed by atoms with E-state index in [1.807, 2.05) is 47.1 Å². The summed E-state index contributed by atoms with van der Waals surface area (Å²) in [5, 5.41) is 8.23. The summed E-state index contributed by atoms with van der Waals surface area (Å²) in [5.74, 6) is 0.762. The minimum absolute atomic E-state index is 0.234. The lowest BCUT2D eigenvalue weighted by Crippen LogP contribution is -2.48. The fourth-order valence-corrected chi connectivity index (χ4v) is 2.56. The molecule has 1 aliphatic rings. The number of piperazine rings is 1. The van der Waals surface area contributed by atoms with Gasteiger partial charge in [0.1, 0.15) is 0 Å². The second-order valence-electron chi connectivity index (χ2n) is 5.37. The summed E-state index contributed by atoms with van der Waals surface area (Å²) in [6, 6.07) is 10.3. The number of carbonyl (C=O) groups excluding carboxylic acids is 1. The molecule has 0 aliphatic carbocycles. The third kappa shape index (κ3) is 3.10. The molecule has 0 unspecified atom stereocenters. The Morgan fingerprint density at radius 3 is 2.55 bits per heavy atom. The van der Waals surface area contributed by atoms with Crippen LogP contribution < -0.4 is 4.90 Å². The van der Waals surface area contributed by atoms with Crippen molar-refractivity contribution in [1.82, 2.24) is 15.1 Å². The fraction of sp³-hybridized carbons (Fsp3) is 0.438. The summed E-state index contributed by atoms with van der Waals surface area (Å²) in [7, 11) is 0. The van der Waals surface area contributed by atoms with E-state index in [9.17, 15) is 4.79 Å². The van der Waals surface area contributed by atoms with Gasteiger partial charge < -0.3 is 14.2 Å². The van der Waals surface area contributed by atoms with Gasteiger partial charge in [-0.1, -0.05) is 30.2 Å². The predicted molar refractivity (Wildman–Crippen MR) is 83.4 cm³/mol. The van der Waals surface area contributed by atoms with E-state index >= 15 is 0 Å².